The lowest BCUT2D eigenvalue weighted by molar-refractivity contribution is -0.384. The van der Waals surface area contributed by atoms with Gasteiger partial charge in [-0.2, -0.15) is 0 Å². The standard InChI is InChI=1S/C21H23ClN4O4/c1-14(16-4-3-5-18(22)12-16)23-21(28)17-6-7-19(20(13-17)26(29)30)25-10-8-24(9-11-25)15(2)27/h3-7,12-14H,8-11H2,1-2H3,(H,23,28). The molecule has 1 aliphatic rings. The third-order valence-corrected chi connectivity index (χ3v) is 5.43. The Hall–Kier alpha value is -3.13. The molecule has 1 atom stereocenters. The maximum Gasteiger partial charge on any atom is 0.293 e. The highest BCUT2D eigenvalue weighted by Gasteiger charge is 2.26. The molecule has 158 valence electrons. The largest absolute Gasteiger partial charge is 0.362 e. The second kappa shape index (κ2) is 9.13. The summed E-state index contributed by atoms with van der Waals surface area (Å²) in [4.78, 5) is 38.9. The maximum atomic E-state index is 12.7. The number of nitrogens with one attached hydrogen (secondary N) is 1. The summed E-state index contributed by atoms with van der Waals surface area (Å²) in [6, 6.07) is 11.3. The lowest BCUT2D eigenvalue weighted by Gasteiger charge is -2.35. The zero-order chi connectivity index (χ0) is 21.8. The summed E-state index contributed by atoms with van der Waals surface area (Å²) < 4.78 is 0. The second-order valence-electron chi connectivity index (χ2n) is 7.20. The fourth-order valence-electron chi connectivity index (χ4n) is 3.48. The fraction of sp³-hybridized carbons (Fsp3) is 0.333. The third-order valence-electron chi connectivity index (χ3n) is 5.20. The second-order valence-corrected chi connectivity index (χ2v) is 7.64. The van der Waals surface area contributed by atoms with Gasteiger partial charge in [0.25, 0.3) is 11.6 Å². The van der Waals surface area contributed by atoms with Crippen LogP contribution in [0.1, 0.15) is 35.8 Å². The zero-order valence-electron chi connectivity index (χ0n) is 16.8. The molecule has 0 aliphatic carbocycles. The first-order valence-corrected chi connectivity index (χ1v) is 9.99. The number of carbonyl (C=O) groups excluding carboxylic acids is 2. The van der Waals surface area contributed by atoms with Gasteiger partial charge < -0.3 is 15.1 Å². The Balaban J connectivity index is 1.77. The van der Waals surface area contributed by atoms with Gasteiger partial charge in [0.05, 0.1) is 11.0 Å². The van der Waals surface area contributed by atoms with E-state index in [0.717, 1.165) is 5.56 Å². The third kappa shape index (κ3) is 4.88. The molecule has 1 aliphatic heterocycles. The highest BCUT2D eigenvalue weighted by atomic mass is 35.5. The first-order valence-electron chi connectivity index (χ1n) is 9.61. The van der Waals surface area contributed by atoms with Gasteiger partial charge in [0.2, 0.25) is 5.91 Å². The van der Waals surface area contributed by atoms with Crippen molar-refractivity contribution in [1.82, 2.24) is 10.2 Å². The average Bonchev–Trinajstić information content (AvgIpc) is 2.73. The van der Waals surface area contributed by atoms with Crippen molar-refractivity contribution < 1.29 is 14.5 Å². The van der Waals surface area contributed by atoms with E-state index in [1.54, 1.807) is 35.2 Å². The molecule has 1 fully saturated rings. The van der Waals surface area contributed by atoms with E-state index in [1.165, 1.54) is 13.0 Å². The van der Waals surface area contributed by atoms with E-state index in [4.69, 9.17) is 11.6 Å². The number of piperazine rings is 1. The van der Waals surface area contributed by atoms with Crippen molar-refractivity contribution in [3.63, 3.8) is 0 Å². The number of nitro benzene ring substituents is 1. The first kappa shape index (κ1) is 21.6. The van der Waals surface area contributed by atoms with Crippen molar-refractivity contribution in [3.05, 3.63) is 68.7 Å². The average molecular weight is 431 g/mol. The Morgan fingerprint density at radius 2 is 1.83 bits per heavy atom. The number of halogens is 1. The summed E-state index contributed by atoms with van der Waals surface area (Å²) >= 11 is 6.00. The maximum absolute atomic E-state index is 12.7. The summed E-state index contributed by atoms with van der Waals surface area (Å²) in [5, 5.41) is 15.1. The molecule has 2 amide bonds. The van der Waals surface area contributed by atoms with Gasteiger partial charge in [0.1, 0.15) is 5.69 Å². The van der Waals surface area contributed by atoms with Crippen molar-refractivity contribution in [2.75, 3.05) is 31.1 Å². The van der Waals surface area contributed by atoms with Crippen molar-refractivity contribution in [3.8, 4) is 0 Å². The molecule has 0 saturated carbocycles. The molecule has 9 heteroatoms. The SMILES string of the molecule is CC(=O)N1CCN(c2ccc(C(=O)NC(C)c3cccc(Cl)c3)cc2[N+](=O)[O-])CC1. The molecule has 1 N–H and O–H groups in total. The number of anilines is 1. The molecule has 0 bridgehead atoms. The fourth-order valence-corrected chi connectivity index (χ4v) is 3.68. The predicted octanol–water partition coefficient (Wildman–Crippen LogP) is 3.41. The van der Waals surface area contributed by atoms with Crippen molar-refractivity contribution >= 4 is 34.8 Å². The summed E-state index contributed by atoms with van der Waals surface area (Å²) in [5.41, 5.74) is 1.36. The summed E-state index contributed by atoms with van der Waals surface area (Å²) in [6.45, 7) is 5.34. The Morgan fingerprint density at radius 1 is 1.13 bits per heavy atom. The van der Waals surface area contributed by atoms with Gasteiger partial charge >= 0.3 is 0 Å². The molecule has 30 heavy (non-hydrogen) atoms. The van der Waals surface area contributed by atoms with Gasteiger partial charge in [-0.15, -0.1) is 0 Å². The van der Waals surface area contributed by atoms with Crippen LogP contribution in [0, 0.1) is 10.1 Å². The van der Waals surface area contributed by atoms with E-state index in [2.05, 4.69) is 5.32 Å². The number of nitrogens with zero attached hydrogens (tertiary/aromatic N) is 3. The molecule has 1 heterocycles. The quantitative estimate of drug-likeness (QED) is 0.579. The summed E-state index contributed by atoms with van der Waals surface area (Å²) in [5.74, 6) is -0.413. The van der Waals surface area contributed by atoms with Crippen molar-refractivity contribution in [1.29, 1.82) is 0 Å². The van der Waals surface area contributed by atoms with Crippen LogP contribution in [0.2, 0.25) is 5.02 Å². The smallest absolute Gasteiger partial charge is 0.293 e. The van der Waals surface area contributed by atoms with E-state index in [-0.39, 0.29) is 23.2 Å². The van der Waals surface area contributed by atoms with Gasteiger partial charge in [-0.25, -0.2) is 0 Å². The molecule has 3 rings (SSSR count). The summed E-state index contributed by atoms with van der Waals surface area (Å²) in [6.07, 6.45) is 0. The molecule has 2 aromatic rings. The normalized spacial score (nSPS) is 14.9. The number of carbonyl (C=O) groups is 2. The molecular formula is C21H23ClN4O4. The Kier molecular flexibility index (Phi) is 6.56. The van der Waals surface area contributed by atoms with E-state index in [0.29, 0.717) is 36.9 Å². The number of rotatable bonds is 5. The van der Waals surface area contributed by atoms with Crippen LogP contribution >= 0.6 is 11.6 Å². The molecule has 0 radical (unpaired) electrons. The van der Waals surface area contributed by atoms with Crippen LogP contribution < -0.4 is 10.2 Å². The van der Waals surface area contributed by atoms with Crippen LogP contribution in [-0.4, -0.2) is 47.8 Å². The Labute approximate surface area is 179 Å². The predicted molar refractivity (Wildman–Crippen MR) is 115 cm³/mol. The van der Waals surface area contributed by atoms with Gasteiger partial charge in [-0.3, -0.25) is 19.7 Å². The highest BCUT2D eigenvalue weighted by Crippen LogP contribution is 2.30. The highest BCUT2D eigenvalue weighted by molar-refractivity contribution is 6.30. The van der Waals surface area contributed by atoms with E-state index in [9.17, 15) is 19.7 Å². The van der Waals surface area contributed by atoms with Gasteiger partial charge in [0.15, 0.2) is 0 Å². The Bertz CT molecular complexity index is 973. The van der Waals surface area contributed by atoms with Crippen molar-refractivity contribution in [2.45, 2.75) is 19.9 Å². The minimum atomic E-state index is -0.482. The molecule has 2 aromatic carbocycles. The molecule has 1 unspecified atom stereocenters. The molecular weight excluding hydrogens is 408 g/mol. The van der Waals surface area contributed by atoms with Crippen LogP contribution in [0.4, 0.5) is 11.4 Å². The topological polar surface area (TPSA) is 95.8 Å². The molecule has 1 saturated heterocycles. The number of benzene rings is 2. The molecule has 0 spiro atoms. The minimum Gasteiger partial charge on any atom is -0.362 e. The number of hydrogen-bond donors (Lipinski definition) is 1. The van der Waals surface area contributed by atoms with Gasteiger partial charge in [-0.1, -0.05) is 23.7 Å². The van der Waals surface area contributed by atoms with Crippen LogP contribution in [0.3, 0.4) is 0 Å². The van der Waals surface area contributed by atoms with Crippen LogP contribution in [0.25, 0.3) is 0 Å². The van der Waals surface area contributed by atoms with Crippen LogP contribution in [0.5, 0.6) is 0 Å². The number of nitro groups is 1. The van der Waals surface area contributed by atoms with Gasteiger partial charge in [-0.05, 0) is 36.8 Å². The number of amides is 2. The van der Waals surface area contributed by atoms with E-state index in [1.807, 2.05) is 17.9 Å². The molecule has 0 aromatic heterocycles. The monoisotopic (exact) mass is 430 g/mol. The van der Waals surface area contributed by atoms with Crippen LogP contribution in [-0.2, 0) is 4.79 Å². The molecule has 8 nitrogen and oxygen atoms in total. The lowest BCUT2D eigenvalue weighted by Crippen LogP contribution is -2.48. The van der Waals surface area contributed by atoms with E-state index >= 15 is 0 Å². The zero-order valence-corrected chi connectivity index (χ0v) is 17.6. The first-order chi connectivity index (χ1) is 14.3. The van der Waals surface area contributed by atoms with Crippen LogP contribution in [0.15, 0.2) is 42.5 Å². The van der Waals surface area contributed by atoms with E-state index < -0.39 is 10.8 Å². The Morgan fingerprint density at radius 3 is 2.43 bits per heavy atom. The summed E-state index contributed by atoms with van der Waals surface area (Å²) in [7, 11) is 0. The number of hydrogen-bond acceptors (Lipinski definition) is 5. The van der Waals surface area contributed by atoms with Gasteiger partial charge in [0, 0.05) is 49.8 Å². The minimum absolute atomic E-state index is 0.00927. The van der Waals surface area contributed by atoms with Crippen molar-refractivity contribution in [2.24, 2.45) is 0 Å². The lowest BCUT2D eigenvalue weighted by atomic mass is 10.1.